The molecule has 1 unspecified atom stereocenters. The number of carbonyl (C=O) groups is 2. The Morgan fingerprint density at radius 1 is 1.12 bits per heavy atom. The van der Waals surface area contributed by atoms with Gasteiger partial charge >= 0.3 is 0 Å². The number of carbonyl (C=O) groups excluding carboxylic acids is 2. The van der Waals surface area contributed by atoms with Gasteiger partial charge < -0.3 is 20.7 Å². The summed E-state index contributed by atoms with van der Waals surface area (Å²) in [4.78, 5) is 30.7. The number of ether oxygens (including phenoxy) is 1. The van der Waals surface area contributed by atoms with Gasteiger partial charge in [0.05, 0.1) is 24.7 Å². The average molecular weight is 444 g/mol. The Balaban J connectivity index is 1.47. The van der Waals surface area contributed by atoms with Gasteiger partial charge in [-0.2, -0.15) is 0 Å². The van der Waals surface area contributed by atoms with Crippen LogP contribution in [0.1, 0.15) is 38.0 Å². The Labute approximate surface area is 192 Å². The van der Waals surface area contributed by atoms with Crippen LogP contribution in [-0.4, -0.2) is 32.3 Å². The molecule has 0 saturated carbocycles. The van der Waals surface area contributed by atoms with Gasteiger partial charge in [-0.3, -0.25) is 19.9 Å². The van der Waals surface area contributed by atoms with Crippen LogP contribution in [0.25, 0.3) is 0 Å². The summed E-state index contributed by atoms with van der Waals surface area (Å²) in [6, 6.07) is 20.1. The topological polar surface area (TPSA) is 109 Å². The molecule has 168 valence electrons. The monoisotopic (exact) mass is 443 g/mol. The molecule has 4 N–H and O–H groups in total. The highest BCUT2D eigenvalue weighted by Crippen LogP contribution is 2.30. The number of rotatable bonds is 7. The summed E-state index contributed by atoms with van der Waals surface area (Å²) in [5, 5.41) is 6.41. The number of anilines is 2. The maximum atomic E-state index is 12.9. The number of nitrogens with one attached hydrogen (secondary N) is 2. The molecular weight excluding hydrogens is 418 g/mol. The molecule has 8 nitrogen and oxygen atoms in total. The van der Waals surface area contributed by atoms with Crippen LogP contribution in [0.4, 0.5) is 11.4 Å². The highest BCUT2D eigenvalue weighted by molar-refractivity contribution is 6.05. The van der Waals surface area contributed by atoms with Gasteiger partial charge in [-0.25, -0.2) is 0 Å². The van der Waals surface area contributed by atoms with E-state index in [2.05, 4.69) is 15.6 Å². The first-order valence-corrected chi connectivity index (χ1v) is 10.4. The number of amides is 2. The standard InChI is InChI=1S/C25H25N5O3/c1-30(25(32)17-9-11-19(33-2)12-10-17)18-6-3-5-16(13-18)14-27-24-21-8-4-7-20(23(26)31)22(21)28-15-29-24/h3-13,15,24,27H,14H2,1-2H3,(H2,26,31)(H,28,29). The van der Waals surface area contributed by atoms with Crippen molar-refractivity contribution in [3.05, 3.63) is 89.0 Å². The summed E-state index contributed by atoms with van der Waals surface area (Å²) in [6.45, 7) is 0.515. The quantitative estimate of drug-likeness (QED) is 0.519. The Morgan fingerprint density at radius 3 is 2.61 bits per heavy atom. The number of methoxy groups -OCH3 is 1. The van der Waals surface area contributed by atoms with Crippen LogP contribution < -0.4 is 26.0 Å². The summed E-state index contributed by atoms with van der Waals surface area (Å²) in [6.07, 6.45) is 1.23. The first kappa shape index (κ1) is 22.0. The van der Waals surface area contributed by atoms with Gasteiger partial charge in [0.2, 0.25) is 0 Å². The van der Waals surface area contributed by atoms with Crippen molar-refractivity contribution in [1.29, 1.82) is 0 Å². The number of hydrogen-bond donors (Lipinski definition) is 3. The molecule has 3 aromatic carbocycles. The lowest BCUT2D eigenvalue weighted by molar-refractivity contribution is 0.0988. The SMILES string of the molecule is COc1ccc(C(=O)N(C)c2cccc(CNC3N=CNc4c(C(N)=O)cccc43)c2)cc1. The second-order valence-electron chi connectivity index (χ2n) is 7.60. The molecule has 8 heteroatoms. The molecule has 0 bridgehead atoms. The molecule has 3 aromatic rings. The largest absolute Gasteiger partial charge is 0.497 e. The molecule has 1 aliphatic rings. The molecule has 0 radical (unpaired) electrons. The summed E-state index contributed by atoms with van der Waals surface area (Å²) < 4.78 is 5.16. The molecule has 0 saturated heterocycles. The van der Waals surface area contributed by atoms with Crippen LogP contribution in [0.3, 0.4) is 0 Å². The van der Waals surface area contributed by atoms with Crippen molar-refractivity contribution in [3.8, 4) is 5.75 Å². The molecule has 1 heterocycles. The molecule has 33 heavy (non-hydrogen) atoms. The van der Waals surface area contributed by atoms with E-state index in [0.717, 1.165) is 16.8 Å². The maximum Gasteiger partial charge on any atom is 0.258 e. The van der Waals surface area contributed by atoms with Crippen LogP contribution in [0.5, 0.6) is 5.75 Å². The number of nitrogens with two attached hydrogens (primary N) is 1. The summed E-state index contributed by atoms with van der Waals surface area (Å²) in [5.41, 5.74) is 9.77. The van der Waals surface area contributed by atoms with E-state index in [9.17, 15) is 9.59 Å². The predicted octanol–water partition coefficient (Wildman–Crippen LogP) is 3.31. The number of aliphatic imine (C=N–C) groups is 1. The van der Waals surface area contributed by atoms with Crippen LogP contribution in [-0.2, 0) is 6.54 Å². The van der Waals surface area contributed by atoms with E-state index in [-0.39, 0.29) is 12.1 Å². The summed E-state index contributed by atoms with van der Waals surface area (Å²) in [7, 11) is 3.34. The molecule has 0 fully saturated rings. The molecule has 4 rings (SSSR count). The third-order valence-electron chi connectivity index (χ3n) is 5.53. The van der Waals surface area contributed by atoms with E-state index in [1.54, 1.807) is 61.8 Å². The summed E-state index contributed by atoms with van der Waals surface area (Å²) in [5.74, 6) is 0.0941. The lowest BCUT2D eigenvalue weighted by Crippen LogP contribution is -2.27. The van der Waals surface area contributed by atoms with E-state index >= 15 is 0 Å². The molecule has 0 aromatic heterocycles. The first-order chi connectivity index (χ1) is 16.0. The summed E-state index contributed by atoms with van der Waals surface area (Å²) >= 11 is 0. The minimum Gasteiger partial charge on any atom is -0.497 e. The Morgan fingerprint density at radius 2 is 1.88 bits per heavy atom. The predicted molar refractivity (Wildman–Crippen MR) is 129 cm³/mol. The molecule has 1 atom stereocenters. The zero-order chi connectivity index (χ0) is 23.4. The maximum absolute atomic E-state index is 12.9. The van der Waals surface area contributed by atoms with Gasteiger partial charge in [0, 0.05) is 30.4 Å². The van der Waals surface area contributed by atoms with Crippen molar-refractivity contribution in [2.24, 2.45) is 10.7 Å². The van der Waals surface area contributed by atoms with E-state index in [1.807, 2.05) is 30.3 Å². The van der Waals surface area contributed by atoms with Crippen molar-refractivity contribution in [1.82, 2.24) is 5.32 Å². The Bertz CT molecular complexity index is 1210. The third kappa shape index (κ3) is 4.70. The zero-order valence-electron chi connectivity index (χ0n) is 18.4. The second-order valence-corrected chi connectivity index (χ2v) is 7.60. The highest BCUT2D eigenvalue weighted by atomic mass is 16.5. The number of primary amides is 1. The molecule has 0 spiro atoms. The Hall–Kier alpha value is -4.17. The molecule has 2 amide bonds. The van der Waals surface area contributed by atoms with E-state index in [1.165, 1.54) is 0 Å². The fourth-order valence-electron chi connectivity index (χ4n) is 3.72. The smallest absolute Gasteiger partial charge is 0.258 e. The lowest BCUT2D eigenvalue weighted by atomic mass is 10.0. The Kier molecular flexibility index (Phi) is 6.37. The minimum absolute atomic E-state index is 0.112. The number of hydrogen-bond acceptors (Lipinski definition) is 6. The second kappa shape index (κ2) is 9.54. The molecular formula is C25H25N5O3. The van der Waals surface area contributed by atoms with Crippen molar-refractivity contribution < 1.29 is 14.3 Å². The van der Waals surface area contributed by atoms with Crippen LogP contribution in [0.15, 0.2) is 71.7 Å². The average Bonchev–Trinajstić information content (AvgIpc) is 2.86. The molecule has 0 aliphatic carbocycles. The fraction of sp³-hybridized carbons (Fsp3) is 0.160. The fourth-order valence-corrected chi connectivity index (χ4v) is 3.72. The van der Waals surface area contributed by atoms with Crippen molar-refractivity contribution in [2.45, 2.75) is 12.7 Å². The molecule has 1 aliphatic heterocycles. The third-order valence-corrected chi connectivity index (χ3v) is 5.53. The van der Waals surface area contributed by atoms with Crippen molar-refractivity contribution in [2.75, 3.05) is 24.4 Å². The van der Waals surface area contributed by atoms with Gasteiger partial charge in [-0.1, -0.05) is 24.3 Å². The number of para-hydroxylation sites is 1. The van der Waals surface area contributed by atoms with E-state index in [0.29, 0.717) is 29.1 Å². The number of fused-ring (bicyclic) bond motifs is 1. The first-order valence-electron chi connectivity index (χ1n) is 10.4. The minimum atomic E-state index is -0.495. The number of nitrogens with zero attached hydrogens (tertiary/aromatic N) is 2. The van der Waals surface area contributed by atoms with Gasteiger partial charge in [0.25, 0.3) is 11.8 Å². The van der Waals surface area contributed by atoms with Gasteiger partial charge in [0.15, 0.2) is 0 Å². The van der Waals surface area contributed by atoms with E-state index < -0.39 is 5.91 Å². The van der Waals surface area contributed by atoms with Gasteiger partial charge in [-0.15, -0.1) is 0 Å². The van der Waals surface area contributed by atoms with Crippen LogP contribution in [0.2, 0.25) is 0 Å². The zero-order valence-corrected chi connectivity index (χ0v) is 18.4. The van der Waals surface area contributed by atoms with Gasteiger partial charge in [-0.05, 0) is 48.0 Å². The highest BCUT2D eigenvalue weighted by Gasteiger charge is 2.21. The van der Waals surface area contributed by atoms with Crippen molar-refractivity contribution >= 4 is 29.5 Å². The van der Waals surface area contributed by atoms with E-state index in [4.69, 9.17) is 10.5 Å². The van der Waals surface area contributed by atoms with Gasteiger partial charge in [0.1, 0.15) is 11.9 Å². The van der Waals surface area contributed by atoms with Crippen LogP contribution >= 0.6 is 0 Å². The van der Waals surface area contributed by atoms with Crippen LogP contribution in [0, 0.1) is 0 Å². The lowest BCUT2D eigenvalue weighted by Gasteiger charge is -2.24. The normalized spacial score (nSPS) is 14.2. The number of benzene rings is 3. The van der Waals surface area contributed by atoms with Crippen molar-refractivity contribution in [3.63, 3.8) is 0 Å².